The van der Waals surface area contributed by atoms with Gasteiger partial charge < -0.3 is 5.41 Å². The fourth-order valence-electron chi connectivity index (χ4n) is 0.125. The molecule has 0 aromatic rings. The Morgan fingerprint density at radius 3 is 2.71 bits per heavy atom. The zero-order valence-electron chi connectivity index (χ0n) is 3.63. The second-order valence-corrected chi connectivity index (χ2v) is 0.950. The number of allylic oxidation sites excluding steroid dienone is 1. The van der Waals surface area contributed by atoms with Crippen molar-refractivity contribution < 1.29 is 0 Å². The van der Waals surface area contributed by atoms with Crippen LogP contribution in [0.2, 0.25) is 0 Å². The summed E-state index contributed by atoms with van der Waals surface area (Å²) in [5.74, 6) is 0. The summed E-state index contributed by atoms with van der Waals surface area (Å²) >= 11 is 5.02. The maximum atomic E-state index is 6.45. The predicted molar refractivity (Wildman–Crippen MR) is 32.3 cm³/mol. The Bertz CT molecular complexity index is 95.9. The van der Waals surface area contributed by atoms with Gasteiger partial charge in [0.1, 0.15) is 0 Å². The first-order valence-corrected chi connectivity index (χ1v) is 2.13. The fraction of sp³-hybridized carbons (Fsp3) is 0. The Hall–Kier alpha value is -0.630. The van der Waals surface area contributed by atoms with Crippen molar-refractivity contribution in [2.24, 2.45) is 4.99 Å². The van der Waals surface area contributed by atoms with Crippen LogP contribution in [0.4, 0.5) is 0 Å². The number of hydrogen-bond donors (Lipinski definition) is 1. The largest absolute Gasteiger partial charge is 0.309 e. The number of halogens is 1. The maximum Gasteiger partial charge on any atom is 0.0926 e. The van der Waals surface area contributed by atoms with Crippen molar-refractivity contribution >= 4 is 23.5 Å². The van der Waals surface area contributed by atoms with Crippen LogP contribution in [0.1, 0.15) is 0 Å². The molecule has 0 saturated heterocycles. The van der Waals surface area contributed by atoms with Gasteiger partial charge in [-0.2, -0.15) is 0 Å². The zero-order valence-corrected chi connectivity index (χ0v) is 4.39. The third kappa shape index (κ3) is 5.37. The molecule has 0 aromatic carbocycles. The van der Waals surface area contributed by atoms with E-state index >= 15 is 0 Å². The van der Waals surface area contributed by atoms with E-state index in [4.69, 9.17) is 17.0 Å². The molecule has 0 atom stereocenters. The molecule has 0 saturated carbocycles. The normalized spacial score (nSPS) is 11.0. The summed E-state index contributed by atoms with van der Waals surface area (Å²) in [5.41, 5.74) is 1.14. The van der Waals surface area contributed by atoms with Crippen molar-refractivity contribution in [2.75, 3.05) is 0 Å². The zero-order chi connectivity index (χ0) is 5.54. The number of hydrogen-bond acceptors (Lipinski definition) is 2. The van der Waals surface area contributed by atoms with Crippen LogP contribution in [-0.4, -0.2) is 11.9 Å². The van der Waals surface area contributed by atoms with E-state index in [0.717, 1.165) is 11.9 Å². The summed E-state index contributed by atoms with van der Waals surface area (Å²) in [6.07, 6.45) is 4.03. The first-order chi connectivity index (χ1) is 3.41. The SMILES string of the molecule is N=C/C=C\N=CCl. The third-order valence-electron chi connectivity index (χ3n) is 0.325. The molecule has 0 fully saturated rings. The van der Waals surface area contributed by atoms with Gasteiger partial charge in [-0.05, 0) is 6.08 Å². The van der Waals surface area contributed by atoms with E-state index in [0.29, 0.717) is 0 Å². The minimum Gasteiger partial charge on any atom is -0.309 e. The lowest BCUT2D eigenvalue weighted by molar-refractivity contribution is 1.56. The van der Waals surface area contributed by atoms with Crippen LogP contribution in [0.15, 0.2) is 17.3 Å². The van der Waals surface area contributed by atoms with Gasteiger partial charge in [0, 0.05) is 12.4 Å². The molecule has 0 aliphatic carbocycles. The highest BCUT2D eigenvalue weighted by atomic mass is 35.5. The highest BCUT2D eigenvalue weighted by Gasteiger charge is 1.54. The van der Waals surface area contributed by atoms with E-state index in [-0.39, 0.29) is 0 Å². The van der Waals surface area contributed by atoms with Crippen molar-refractivity contribution in [3.05, 3.63) is 12.3 Å². The lowest BCUT2D eigenvalue weighted by Gasteiger charge is -1.64. The van der Waals surface area contributed by atoms with Crippen molar-refractivity contribution in [1.29, 1.82) is 5.41 Å². The molecule has 0 heterocycles. The molecule has 0 radical (unpaired) electrons. The summed E-state index contributed by atoms with van der Waals surface area (Å²) < 4.78 is 0. The van der Waals surface area contributed by atoms with Crippen LogP contribution in [0, 0.1) is 5.41 Å². The summed E-state index contributed by atoms with van der Waals surface area (Å²) in [6.45, 7) is 0. The van der Waals surface area contributed by atoms with Gasteiger partial charge in [-0.15, -0.1) is 0 Å². The molecule has 0 amide bonds. The van der Waals surface area contributed by atoms with Gasteiger partial charge in [-0.25, -0.2) is 0 Å². The maximum absolute atomic E-state index is 6.45. The number of nitrogens with one attached hydrogen (secondary N) is 1. The van der Waals surface area contributed by atoms with Gasteiger partial charge >= 0.3 is 0 Å². The molecule has 0 bridgehead atoms. The number of aliphatic imine (C=N–C) groups is 1. The van der Waals surface area contributed by atoms with Crippen LogP contribution in [0.25, 0.3) is 0 Å². The van der Waals surface area contributed by atoms with E-state index in [1.54, 1.807) is 0 Å². The van der Waals surface area contributed by atoms with Crippen LogP contribution in [0.5, 0.6) is 0 Å². The monoisotopic (exact) mass is 116 g/mol. The molecule has 0 aliphatic heterocycles. The predicted octanol–water partition coefficient (Wildman–Crippen LogP) is 1.42. The number of nitrogens with zero attached hydrogens (tertiary/aromatic N) is 1. The molecule has 0 unspecified atom stereocenters. The second-order valence-electron chi connectivity index (χ2n) is 0.755. The second kappa shape index (κ2) is 5.37. The van der Waals surface area contributed by atoms with Gasteiger partial charge in [0.05, 0.1) is 5.67 Å². The fourth-order valence-corrected chi connectivity index (χ4v) is 0.190. The molecule has 0 aliphatic rings. The first-order valence-electron chi connectivity index (χ1n) is 1.69. The Kier molecular flexibility index (Phi) is 4.89. The van der Waals surface area contributed by atoms with E-state index in [2.05, 4.69) is 4.99 Å². The molecule has 0 rings (SSSR count). The minimum atomic E-state index is 1.13. The lowest BCUT2D eigenvalue weighted by atomic mass is 10.7. The topological polar surface area (TPSA) is 36.2 Å². The Balaban J connectivity index is 3.27. The molecule has 0 aromatic heterocycles. The van der Waals surface area contributed by atoms with Crippen LogP contribution in [-0.2, 0) is 0 Å². The molecule has 0 spiro atoms. The third-order valence-corrected chi connectivity index (χ3v) is 0.437. The van der Waals surface area contributed by atoms with Gasteiger partial charge in [-0.1, -0.05) is 11.6 Å². The van der Waals surface area contributed by atoms with E-state index in [9.17, 15) is 0 Å². The van der Waals surface area contributed by atoms with E-state index in [1.165, 1.54) is 12.3 Å². The van der Waals surface area contributed by atoms with Gasteiger partial charge in [0.25, 0.3) is 0 Å². The van der Waals surface area contributed by atoms with Gasteiger partial charge in [0.2, 0.25) is 0 Å². The van der Waals surface area contributed by atoms with Crippen molar-refractivity contribution in [2.45, 2.75) is 0 Å². The molecular weight excluding hydrogens is 112 g/mol. The Labute approximate surface area is 47.0 Å². The molecule has 38 valence electrons. The van der Waals surface area contributed by atoms with Crippen LogP contribution < -0.4 is 0 Å². The van der Waals surface area contributed by atoms with Crippen molar-refractivity contribution in [3.8, 4) is 0 Å². The van der Waals surface area contributed by atoms with Crippen LogP contribution >= 0.6 is 11.6 Å². The van der Waals surface area contributed by atoms with E-state index < -0.39 is 0 Å². The molecule has 1 N–H and O–H groups in total. The van der Waals surface area contributed by atoms with E-state index in [1.807, 2.05) is 0 Å². The highest BCUT2D eigenvalue weighted by Crippen LogP contribution is 1.70. The Morgan fingerprint density at radius 2 is 2.29 bits per heavy atom. The Morgan fingerprint density at radius 1 is 1.57 bits per heavy atom. The van der Waals surface area contributed by atoms with Crippen molar-refractivity contribution in [3.63, 3.8) is 0 Å². The summed E-state index contributed by atoms with van der Waals surface area (Å²) in [6, 6.07) is 0. The minimum absolute atomic E-state index is 1.13. The first kappa shape index (κ1) is 6.37. The number of rotatable bonds is 2. The summed E-state index contributed by atoms with van der Waals surface area (Å²) in [7, 11) is 0. The van der Waals surface area contributed by atoms with Crippen LogP contribution in [0.3, 0.4) is 0 Å². The standard InChI is InChI=1S/C4H5ClN2/c5-4-7-3-1-2-6/h1-4,6H/b3-1-,6-2?,7-4?. The lowest BCUT2D eigenvalue weighted by Crippen LogP contribution is -1.54. The quantitative estimate of drug-likeness (QED) is 0.530. The molecule has 3 heteroatoms. The average molecular weight is 117 g/mol. The van der Waals surface area contributed by atoms with Gasteiger partial charge in [-0.3, -0.25) is 4.99 Å². The summed E-state index contributed by atoms with van der Waals surface area (Å²) in [5, 5.41) is 6.45. The molecule has 2 nitrogen and oxygen atoms in total. The van der Waals surface area contributed by atoms with Crippen molar-refractivity contribution in [1.82, 2.24) is 0 Å². The average Bonchev–Trinajstić information content (AvgIpc) is 1.69. The molecular formula is C4H5ClN2. The molecule has 7 heavy (non-hydrogen) atoms. The highest BCUT2D eigenvalue weighted by molar-refractivity contribution is 6.56. The van der Waals surface area contributed by atoms with Gasteiger partial charge in [0.15, 0.2) is 0 Å². The summed E-state index contributed by atoms with van der Waals surface area (Å²) in [4.78, 5) is 3.47. The smallest absolute Gasteiger partial charge is 0.0926 e.